The number of amides is 2. The van der Waals surface area contributed by atoms with Crippen LogP contribution >= 0.6 is 11.6 Å². The largest absolute Gasteiger partial charge is 0.466 e. The molecule has 2 aromatic carbocycles. The summed E-state index contributed by atoms with van der Waals surface area (Å²) in [5.74, 6) is -4.97. The second kappa shape index (κ2) is 7.44. The number of carbonyl (C=O) groups is 3. The fourth-order valence-corrected chi connectivity index (χ4v) is 6.42. The van der Waals surface area contributed by atoms with E-state index >= 15 is 0 Å². The van der Waals surface area contributed by atoms with Crippen molar-refractivity contribution < 1.29 is 32.3 Å². The minimum Gasteiger partial charge on any atom is -0.466 e. The summed E-state index contributed by atoms with van der Waals surface area (Å²) >= 11 is 6.55. The number of nitrogens with one attached hydrogen (secondary N) is 1. The normalized spacial score (nSPS) is 29.3. The Balaban J connectivity index is 1.98. The van der Waals surface area contributed by atoms with Crippen molar-refractivity contribution in [2.24, 2.45) is 5.92 Å². The highest BCUT2D eigenvalue weighted by molar-refractivity contribution is 6.34. The van der Waals surface area contributed by atoms with Crippen LogP contribution in [0.4, 0.5) is 24.5 Å². The molecule has 1 saturated heterocycles. The van der Waals surface area contributed by atoms with E-state index in [1.54, 1.807) is 30.3 Å². The first kappa shape index (κ1) is 23.6. The number of likely N-dealkylation sites (N-methyl/N-ethyl adjacent to an activating group) is 2. The van der Waals surface area contributed by atoms with E-state index in [0.29, 0.717) is 5.69 Å². The van der Waals surface area contributed by atoms with Crippen LogP contribution in [0.2, 0.25) is 5.02 Å². The van der Waals surface area contributed by atoms with Crippen molar-refractivity contribution in [2.75, 3.05) is 30.5 Å². The van der Waals surface area contributed by atoms with E-state index in [9.17, 15) is 27.6 Å². The Bertz CT molecular complexity index is 1280. The number of para-hydroxylation sites is 1. The lowest BCUT2D eigenvalue weighted by atomic mass is 9.58. The van der Waals surface area contributed by atoms with Gasteiger partial charge < -0.3 is 14.5 Å². The molecule has 0 bridgehead atoms. The number of carbonyl (C=O) groups excluding carboxylic acids is 3. The van der Waals surface area contributed by atoms with E-state index in [2.05, 4.69) is 5.32 Å². The molecule has 0 aliphatic carbocycles. The molecule has 2 aromatic rings. The molecular formula is C24H21ClF3N3O4. The van der Waals surface area contributed by atoms with Crippen molar-refractivity contribution in [3.63, 3.8) is 0 Å². The predicted octanol–water partition coefficient (Wildman–Crippen LogP) is 3.14. The monoisotopic (exact) mass is 507 g/mol. The number of hydrogen-bond acceptors (Lipinski definition) is 5. The lowest BCUT2D eigenvalue weighted by molar-refractivity contribution is -0.179. The van der Waals surface area contributed by atoms with Crippen LogP contribution in [-0.2, 0) is 30.1 Å². The summed E-state index contributed by atoms with van der Waals surface area (Å²) in [6.07, 6.45) is -5.01. The predicted molar refractivity (Wildman–Crippen MR) is 121 cm³/mol. The van der Waals surface area contributed by atoms with Crippen LogP contribution in [0.1, 0.15) is 18.1 Å². The molecule has 0 saturated carbocycles. The van der Waals surface area contributed by atoms with Gasteiger partial charge in [-0.25, -0.2) is 0 Å². The van der Waals surface area contributed by atoms with Crippen LogP contribution in [0.25, 0.3) is 0 Å². The Hall–Kier alpha value is -3.11. The van der Waals surface area contributed by atoms with Gasteiger partial charge in [0.05, 0.1) is 12.3 Å². The van der Waals surface area contributed by atoms with E-state index in [0.717, 1.165) is 0 Å². The zero-order chi connectivity index (χ0) is 25.5. The molecule has 184 valence electrons. The van der Waals surface area contributed by atoms with Crippen LogP contribution in [0, 0.1) is 5.92 Å². The molecule has 35 heavy (non-hydrogen) atoms. The molecule has 3 heterocycles. The van der Waals surface area contributed by atoms with Crippen molar-refractivity contribution >= 4 is 40.8 Å². The van der Waals surface area contributed by atoms with E-state index < -0.39 is 46.9 Å². The average Bonchev–Trinajstić information content (AvgIpc) is 3.34. The van der Waals surface area contributed by atoms with Crippen LogP contribution in [-0.4, -0.2) is 50.7 Å². The van der Waals surface area contributed by atoms with Gasteiger partial charge in [0.2, 0.25) is 5.91 Å². The number of esters is 1. The number of alkyl halides is 3. The molecule has 2 amide bonds. The van der Waals surface area contributed by atoms with Gasteiger partial charge in [-0.15, -0.1) is 0 Å². The average molecular weight is 508 g/mol. The van der Waals surface area contributed by atoms with E-state index in [4.69, 9.17) is 16.3 Å². The highest BCUT2D eigenvalue weighted by Gasteiger charge is 2.82. The summed E-state index contributed by atoms with van der Waals surface area (Å²) < 4.78 is 49.0. The Morgan fingerprint density at radius 1 is 1.06 bits per heavy atom. The number of fused-ring (bicyclic) bond motifs is 5. The third-order valence-electron chi connectivity index (χ3n) is 7.34. The topological polar surface area (TPSA) is 79.0 Å². The molecule has 1 fully saturated rings. The second-order valence-corrected chi connectivity index (χ2v) is 9.24. The lowest BCUT2D eigenvalue weighted by Gasteiger charge is -2.40. The standard InChI is InChI=1S/C24H21ClF3N3O4/c1-4-35-19(32)17-18(24(26,27)28)29-23(16-13(25)9-7-11-15(16)31(3)21(23)34)22(17)12-8-5-6-10-14(12)30(2)20(22)33/h5-11,17-18,29H,4H2,1-3H3/t17-,18-,22+,23-/m1/s1. The molecule has 3 aliphatic heterocycles. The van der Waals surface area contributed by atoms with Crippen LogP contribution in [0.5, 0.6) is 0 Å². The Morgan fingerprint density at radius 2 is 1.69 bits per heavy atom. The Kier molecular flexibility index (Phi) is 5.02. The molecule has 0 unspecified atom stereocenters. The van der Waals surface area contributed by atoms with E-state index in [-0.39, 0.29) is 28.4 Å². The highest BCUT2D eigenvalue weighted by atomic mass is 35.5. The molecule has 3 aliphatic rings. The lowest BCUT2D eigenvalue weighted by Crippen LogP contribution is -2.63. The highest BCUT2D eigenvalue weighted by Crippen LogP contribution is 2.66. The molecule has 4 atom stereocenters. The number of benzene rings is 2. The summed E-state index contributed by atoms with van der Waals surface area (Å²) in [6, 6.07) is 8.21. The fourth-order valence-electron chi connectivity index (χ4n) is 6.11. The number of rotatable bonds is 2. The summed E-state index contributed by atoms with van der Waals surface area (Å²) in [5.41, 5.74) is -3.93. The third kappa shape index (κ3) is 2.64. The maximum Gasteiger partial charge on any atom is 0.404 e. The van der Waals surface area contributed by atoms with Gasteiger partial charge in [-0.05, 0) is 30.7 Å². The third-order valence-corrected chi connectivity index (χ3v) is 7.66. The van der Waals surface area contributed by atoms with Crippen LogP contribution < -0.4 is 15.1 Å². The van der Waals surface area contributed by atoms with Gasteiger partial charge in [0.1, 0.15) is 22.9 Å². The molecule has 2 spiro atoms. The van der Waals surface area contributed by atoms with Gasteiger partial charge in [0, 0.05) is 30.4 Å². The summed E-state index contributed by atoms with van der Waals surface area (Å²) in [4.78, 5) is 44.0. The SMILES string of the molecule is CCOC(=O)[C@H]1[C@H](C(F)(F)F)N[C@]2(C(=O)N(C)c3cccc(Cl)c32)[C@]12C(=O)N(C)c1ccccc12. The molecular weight excluding hydrogens is 487 g/mol. The molecule has 5 rings (SSSR count). The number of nitrogens with zero attached hydrogens (tertiary/aromatic N) is 2. The van der Waals surface area contributed by atoms with Gasteiger partial charge in [0.15, 0.2) is 0 Å². The Morgan fingerprint density at radius 3 is 2.34 bits per heavy atom. The molecule has 11 heteroatoms. The van der Waals surface area contributed by atoms with Gasteiger partial charge >= 0.3 is 12.1 Å². The smallest absolute Gasteiger partial charge is 0.404 e. The Labute approximate surface area is 203 Å². The minimum atomic E-state index is -5.01. The van der Waals surface area contributed by atoms with Crippen LogP contribution in [0.15, 0.2) is 42.5 Å². The van der Waals surface area contributed by atoms with Crippen molar-refractivity contribution in [3.05, 3.63) is 58.6 Å². The first-order chi connectivity index (χ1) is 16.5. The molecule has 0 radical (unpaired) electrons. The molecule has 1 N–H and O–H groups in total. The van der Waals surface area contributed by atoms with Crippen molar-refractivity contribution in [1.82, 2.24) is 5.32 Å². The van der Waals surface area contributed by atoms with E-state index in [1.807, 2.05) is 0 Å². The summed E-state index contributed by atoms with van der Waals surface area (Å²) in [6.45, 7) is 1.25. The van der Waals surface area contributed by atoms with Crippen molar-refractivity contribution in [3.8, 4) is 0 Å². The van der Waals surface area contributed by atoms with Crippen LogP contribution in [0.3, 0.4) is 0 Å². The quantitative estimate of drug-likeness (QED) is 0.632. The second-order valence-electron chi connectivity index (χ2n) is 8.83. The van der Waals surface area contributed by atoms with E-state index in [1.165, 1.54) is 43.0 Å². The minimum absolute atomic E-state index is 0.00246. The zero-order valence-electron chi connectivity index (χ0n) is 18.9. The summed E-state index contributed by atoms with van der Waals surface area (Å²) in [5, 5.41) is 2.45. The number of ether oxygens (including phenoxy) is 1. The molecule has 7 nitrogen and oxygen atoms in total. The number of anilines is 2. The van der Waals surface area contributed by atoms with Crippen molar-refractivity contribution in [2.45, 2.75) is 30.1 Å². The zero-order valence-corrected chi connectivity index (χ0v) is 19.7. The number of halogens is 4. The maximum atomic E-state index is 14.6. The van der Waals surface area contributed by atoms with Gasteiger partial charge in [-0.2, -0.15) is 13.2 Å². The van der Waals surface area contributed by atoms with Crippen molar-refractivity contribution in [1.29, 1.82) is 0 Å². The van der Waals surface area contributed by atoms with Gasteiger partial charge in [-0.1, -0.05) is 35.9 Å². The maximum absolute atomic E-state index is 14.6. The fraction of sp³-hybridized carbons (Fsp3) is 0.375. The van der Waals surface area contributed by atoms with Gasteiger partial charge in [0.25, 0.3) is 5.91 Å². The number of hydrogen-bond donors (Lipinski definition) is 1. The first-order valence-corrected chi connectivity index (χ1v) is 11.3. The summed E-state index contributed by atoms with van der Waals surface area (Å²) in [7, 11) is 2.81. The van der Waals surface area contributed by atoms with Gasteiger partial charge in [-0.3, -0.25) is 19.7 Å². The first-order valence-electron chi connectivity index (χ1n) is 10.9. The molecule has 0 aromatic heterocycles.